The van der Waals surface area contributed by atoms with E-state index in [1.54, 1.807) is 7.05 Å². The standard InChI is InChI=1S/C15H25N3S/c1-11-7-6-10-15(3,4)13(11)9-8-12(2)17-18-14(19)16-5/h8-9H,6-7,10H2,1-5H3,(H2,16,18,19)/b9-8+,17-12-. The van der Waals surface area contributed by atoms with E-state index in [1.807, 2.05) is 6.92 Å². The summed E-state index contributed by atoms with van der Waals surface area (Å²) < 4.78 is 0. The van der Waals surface area contributed by atoms with Gasteiger partial charge < -0.3 is 5.32 Å². The highest BCUT2D eigenvalue weighted by molar-refractivity contribution is 7.80. The van der Waals surface area contributed by atoms with Crippen molar-refractivity contribution < 1.29 is 0 Å². The molecule has 0 aromatic rings. The Labute approximate surface area is 122 Å². The van der Waals surface area contributed by atoms with Crippen LogP contribution >= 0.6 is 12.2 Å². The van der Waals surface area contributed by atoms with Gasteiger partial charge in [0.15, 0.2) is 5.11 Å². The van der Waals surface area contributed by atoms with Gasteiger partial charge in [0.25, 0.3) is 0 Å². The van der Waals surface area contributed by atoms with Gasteiger partial charge in [-0.15, -0.1) is 0 Å². The summed E-state index contributed by atoms with van der Waals surface area (Å²) >= 11 is 4.98. The first-order valence-electron chi connectivity index (χ1n) is 6.77. The van der Waals surface area contributed by atoms with Gasteiger partial charge in [0, 0.05) is 7.05 Å². The van der Waals surface area contributed by atoms with Crippen LogP contribution in [0.15, 0.2) is 28.4 Å². The number of allylic oxidation sites excluding steroid dienone is 4. The quantitative estimate of drug-likeness (QED) is 0.471. The van der Waals surface area contributed by atoms with Crippen LogP contribution in [-0.4, -0.2) is 17.9 Å². The molecule has 19 heavy (non-hydrogen) atoms. The van der Waals surface area contributed by atoms with E-state index < -0.39 is 0 Å². The molecule has 3 nitrogen and oxygen atoms in total. The maximum Gasteiger partial charge on any atom is 0.186 e. The summed E-state index contributed by atoms with van der Waals surface area (Å²) in [6.45, 7) is 8.83. The van der Waals surface area contributed by atoms with Gasteiger partial charge in [-0.2, -0.15) is 5.10 Å². The highest BCUT2D eigenvalue weighted by atomic mass is 32.1. The van der Waals surface area contributed by atoms with Crippen LogP contribution in [0.1, 0.15) is 47.0 Å². The van der Waals surface area contributed by atoms with Crippen LogP contribution in [0.3, 0.4) is 0 Å². The molecule has 0 atom stereocenters. The van der Waals surface area contributed by atoms with Crippen LogP contribution in [-0.2, 0) is 0 Å². The third kappa shape index (κ3) is 4.78. The van der Waals surface area contributed by atoms with Crippen LogP contribution in [0.2, 0.25) is 0 Å². The van der Waals surface area contributed by atoms with E-state index in [9.17, 15) is 0 Å². The lowest BCUT2D eigenvalue weighted by Crippen LogP contribution is -2.28. The maximum absolute atomic E-state index is 4.98. The lowest BCUT2D eigenvalue weighted by Gasteiger charge is -2.32. The van der Waals surface area contributed by atoms with Crippen molar-refractivity contribution in [3.05, 3.63) is 23.3 Å². The topological polar surface area (TPSA) is 36.4 Å². The predicted octanol–water partition coefficient (Wildman–Crippen LogP) is 3.54. The van der Waals surface area contributed by atoms with E-state index in [0.717, 1.165) is 5.71 Å². The Hall–Kier alpha value is -1.16. The van der Waals surface area contributed by atoms with Crippen LogP contribution in [0.25, 0.3) is 0 Å². The normalized spacial score (nSPS) is 19.7. The van der Waals surface area contributed by atoms with E-state index in [2.05, 4.69) is 48.8 Å². The van der Waals surface area contributed by atoms with Crippen LogP contribution in [0.4, 0.5) is 0 Å². The molecule has 0 aromatic heterocycles. The molecule has 0 saturated heterocycles. The second-order valence-corrected chi connectivity index (χ2v) is 6.12. The molecule has 0 spiro atoms. The van der Waals surface area contributed by atoms with Crippen molar-refractivity contribution in [3.63, 3.8) is 0 Å². The molecule has 0 bridgehead atoms. The first-order chi connectivity index (χ1) is 8.86. The zero-order valence-electron chi connectivity index (χ0n) is 12.6. The second kappa shape index (κ2) is 6.85. The van der Waals surface area contributed by atoms with Gasteiger partial charge in [-0.05, 0) is 62.4 Å². The molecule has 2 N–H and O–H groups in total. The molecule has 1 aliphatic carbocycles. The van der Waals surface area contributed by atoms with E-state index in [-0.39, 0.29) is 5.41 Å². The molecular weight excluding hydrogens is 254 g/mol. The summed E-state index contributed by atoms with van der Waals surface area (Å²) in [4.78, 5) is 0. The first-order valence-corrected chi connectivity index (χ1v) is 7.18. The number of thiocarbonyl (C=S) groups is 1. The smallest absolute Gasteiger partial charge is 0.186 e. The summed E-state index contributed by atoms with van der Waals surface area (Å²) in [6.07, 6.45) is 8.01. The van der Waals surface area contributed by atoms with Gasteiger partial charge in [0.1, 0.15) is 0 Å². The number of hydrogen-bond donors (Lipinski definition) is 2. The maximum atomic E-state index is 4.98. The summed E-state index contributed by atoms with van der Waals surface area (Å²) in [5.74, 6) is 0. The summed E-state index contributed by atoms with van der Waals surface area (Å²) in [5.41, 5.74) is 6.93. The molecule has 0 radical (unpaired) electrons. The number of nitrogens with one attached hydrogen (secondary N) is 2. The fourth-order valence-corrected chi connectivity index (χ4v) is 2.49. The fourth-order valence-electron chi connectivity index (χ4n) is 2.45. The molecule has 0 fully saturated rings. The zero-order chi connectivity index (χ0) is 14.5. The van der Waals surface area contributed by atoms with Gasteiger partial charge >= 0.3 is 0 Å². The van der Waals surface area contributed by atoms with Gasteiger partial charge in [-0.1, -0.05) is 25.5 Å². The van der Waals surface area contributed by atoms with Crippen LogP contribution < -0.4 is 10.7 Å². The number of hydrogen-bond acceptors (Lipinski definition) is 2. The molecule has 0 heterocycles. The van der Waals surface area contributed by atoms with Crippen molar-refractivity contribution >= 4 is 23.0 Å². The minimum absolute atomic E-state index is 0.271. The largest absolute Gasteiger partial charge is 0.364 e. The second-order valence-electron chi connectivity index (χ2n) is 5.71. The molecule has 0 unspecified atom stereocenters. The Morgan fingerprint density at radius 2 is 2.11 bits per heavy atom. The first kappa shape index (κ1) is 15.9. The molecule has 1 aliphatic rings. The molecular formula is C15H25N3S. The third-order valence-corrected chi connectivity index (χ3v) is 3.89. The van der Waals surface area contributed by atoms with Gasteiger partial charge in [-0.3, -0.25) is 5.43 Å². The van der Waals surface area contributed by atoms with Crippen molar-refractivity contribution in [2.75, 3.05) is 7.05 Å². The number of hydrazone groups is 1. The summed E-state index contributed by atoms with van der Waals surface area (Å²) in [5, 5.41) is 7.56. The SMILES string of the molecule is CNC(=S)N/N=C(C)\C=C\C1=C(C)CCCC1(C)C. The number of nitrogens with zero attached hydrogens (tertiary/aromatic N) is 1. The highest BCUT2D eigenvalue weighted by Gasteiger charge is 2.26. The lowest BCUT2D eigenvalue weighted by atomic mass is 9.72. The average Bonchev–Trinajstić information content (AvgIpc) is 2.34. The minimum atomic E-state index is 0.271. The summed E-state index contributed by atoms with van der Waals surface area (Å²) in [6, 6.07) is 0. The van der Waals surface area contributed by atoms with Crippen molar-refractivity contribution in [2.24, 2.45) is 10.5 Å². The Balaban J connectivity index is 2.77. The Bertz CT molecular complexity index is 431. The third-order valence-electron chi connectivity index (χ3n) is 3.59. The molecule has 0 amide bonds. The van der Waals surface area contributed by atoms with E-state index in [1.165, 1.54) is 30.4 Å². The molecule has 0 aliphatic heterocycles. The van der Waals surface area contributed by atoms with Gasteiger partial charge in [-0.25, -0.2) is 0 Å². The molecule has 1 rings (SSSR count). The van der Waals surface area contributed by atoms with Crippen LogP contribution in [0, 0.1) is 5.41 Å². The Morgan fingerprint density at radius 1 is 1.42 bits per heavy atom. The number of rotatable bonds is 3. The van der Waals surface area contributed by atoms with E-state index in [0.29, 0.717) is 5.11 Å². The van der Waals surface area contributed by atoms with Crippen molar-refractivity contribution in [1.29, 1.82) is 0 Å². The summed E-state index contributed by atoms with van der Waals surface area (Å²) in [7, 11) is 1.77. The Kier molecular flexibility index (Phi) is 5.73. The minimum Gasteiger partial charge on any atom is -0.364 e. The van der Waals surface area contributed by atoms with Crippen molar-refractivity contribution in [3.8, 4) is 0 Å². The molecule has 4 heteroatoms. The van der Waals surface area contributed by atoms with Gasteiger partial charge in [0.05, 0.1) is 5.71 Å². The molecule has 106 valence electrons. The average molecular weight is 279 g/mol. The molecule has 0 aromatic carbocycles. The highest BCUT2D eigenvalue weighted by Crippen LogP contribution is 2.40. The monoisotopic (exact) mass is 279 g/mol. The van der Waals surface area contributed by atoms with Crippen molar-refractivity contribution in [1.82, 2.24) is 10.7 Å². The van der Waals surface area contributed by atoms with Crippen molar-refractivity contribution in [2.45, 2.75) is 47.0 Å². The van der Waals surface area contributed by atoms with Crippen LogP contribution in [0.5, 0.6) is 0 Å². The Morgan fingerprint density at radius 3 is 2.68 bits per heavy atom. The zero-order valence-corrected chi connectivity index (χ0v) is 13.4. The predicted molar refractivity (Wildman–Crippen MR) is 87.4 cm³/mol. The van der Waals surface area contributed by atoms with E-state index in [4.69, 9.17) is 12.2 Å². The lowest BCUT2D eigenvalue weighted by molar-refractivity contribution is 0.377. The van der Waals surface area contributed by atoms with Gasteiger partial charge in [0.2, 0.25) is 0 Å². The van der Waals surface area contributed by atoms with E-state index >= 15 is 0 Å². The molecule has 0 saturated carbocycles. The fraction of sp³-hybridized carbons (Fsp3) is 0.600.